The fraction of sp³-hybridized carbons (Fsp3) is 0.357. The summed E-state index contributed by atoms with van der Waals surface area (Å²) in [6.07, 6.45) is 0.859. The van der Waals surface area contributed by atoms with Gasteiger partial charge in [-0.3, -0.25) is 0 Å². The molecule has 0 saturated carbocycles. The number of halogens is 1. The molecule has 0 unspecified atom stereocenters. The topological polar surface area (TPSA) is 59.9 Å². The minimum absolute atomic E-state index is 0.247. The number of hydrogen-bond donors (Lipinski definition) is 1. The Hall–Kier alpha value is -2.24. The average molecular weight is 276 g/mol. The van der Waals surface area contributed by atoms with Crippen LogP contribution >= 0.6 is 0 Å². The van der Waals surface area contributed by atoms with Crippen molar-refractivity contribution in [3.63, 3.8) is 0 Å². The molecule has 0 amide bonds. The highest BCUT2D eigenvalue weighted by Gasteiger charge is 2.09. The normalized spacial score (nSPS) is 10.3. The number of ether oxygens (including phenoxy) is 1. The molecule has 2 aromatic rings. The Morgan fingerprint density at radius 1 is 1.20 bits per heavy atom. The minimum atomic E-state index is -0.330. The number of aromatic nitrogens is 3. The highest BCUT2D eigenvalue weighted by atomic mass is 19.1. The molecule has 1 heterocycles. The van der Waals surface area contributed by atoms with Crippen molar-refractivity contribution >= 4 is 5.95 Å². The Bertz CT molecular complexity index is 577. The fourth-order valence-corrected chi connectivity index (χ4v) is 1.61. The lowest BCUT2D eigenvalue weighted by molar-refractivity contribution is 0.292. The number of anilines is 1. The van der Waals surface area contributed by atoms with E-state index in [4.69, 9.17) is 4.74 Å². The number of nitrogens with zero attached hydrogens (tertiary/aromatic N) is 3. The molecule has 1 N–H and O–H groups in total. The van der Waals surface area contributed by atoms with Crippen LogP contribution in [0.2, 0.25) is 0 Å². The van der Waals surface area contributed by atoms with Crippen LogP contribution in [-0.4, -0.2) is 28.1 Å². The number of hydrogen-bond acceptors (Lipinski definition) is 5. The Morgan fingerprint density at radius 3 is 2.75 bits per heavy atom. The molecular weight excluding hydrogens is 259 g/mol. The molecular formula is C14H17FN4O. The second-order valence-electron chi connectivity index (χ2n) is 4.15. The molecule has 106 valence electrons. The first-order valence-corrected chi connectivity index (χ1v) is 6.61. The second kappa shape index (κ2) is 6.79. The summed E-state index contributed by atoms with van der Waals surface area (Å²) in [6.45, 7) is 5.15. The van der Waals surface area contributed by atoms with Crippen LogP contribution in [0.15, 0.2) is 24.3 Å². The van der Waals surface area contributed by atoms with Gasteiger partial charge in [0.25, 0.3) is 0 Å². The molecule has 0 aliphatic carbocycles. The fourth-order valence-electron chi connectivity index (χ4n) is 1.61. The number of benzene rings is 1. The maximum Gasteiger partial charge on any atom is 0.321 e. The second-order valence-corrected chi connectivity index (χ2v) is 4.15. The summed E-state index contributed by atoms with van der Waals surface area (Å²) in [4.78, 5) is 12.6. The molecule has 1 aromatic heterocycles. The largest absolute Gasteiger partial charge is 0.463 e. The first-order chi connectivity index (χ1) is 9.72. The molecule has 1 aromatic carbocycles. The van der Waals surface area contributed by atoms with Gasteiger partial charge < -0.3 is 10.1 Å². The Labute approximate surface area is 117 Å². The van der Waals surface area contributed by atoms with E-state index in [-0.39, 0.29) is 11.8 Å². The van der Waals surface area contributed by atoms with Gasteiger partial charge >= 0.3 is 6.01 Å². The Balaban J connectivity index is 2.37. The summed E-state index contributed by atoms with van der Waals surface area (Å²) in [5.41, 5.74) is 0.591. The molecule has 0 aliphatic heterocycles. The van der Waals surface area contributed by atoms with Crippen LogP contribution in [0.3, 0.4) is 0 Å². The first-order valence-electron chi connectivity index (χ1n) is 6.61. The zero-order valence-electron chi connectivity index (χ0n) is 11.6. The van der Waals surface area contributed by atoms with Gasteiger partial charge in [0.15, 0.2) is 5.82 Å². The van der Waals surface area contributed by atoms with Crippen LogP contribution in [-0.2, 0) is 0 Å². The highest BCUT2D eigenvalue weighted by Crippen LogP contribution is 2.19. The van der Waals surface area contributed by atoms with E-state index >= 15 is 0 Å². The molecule has 0 radical (unpaired) electrons. The van der Waals surface area contributed by atoms with E-state index in [2.05, 4.69) is 20.3 Å². The molecule has 0 fully saturated rings. The van der Waals surface area contributed by atoms with Gasteiger partial charge in [0, 0.05) is 12.1 Å². The average Bonchev–Trinajstić information content (AvgIpc) is 2.45. The molecule has 0 aliphatic rings. The van der Waals surface area contributed by atoms with Crippen LogP contribution < -0.4 is 10.1 Å². The van der Waals surface area contributed by atoms with E-state index < -0.39 is 0 Å². The lowest BCUT2D eigenvalue weighted by atomic mass is 10.2. The quantitative estimate of drug-likeness (QED) is 0.879. The van der Waals surface area contributed by atoms with Gasteiger partial charge in [0.1, 0.15) is 5.82 Å². The maximum absolute atomic E-state index is 13.3. The van der Waals surface area contributed by atoms with Gasteiger partial charge in [-0.1, -0.05) is 19.1 Å². The summed E-state index contributed by atoms with van der Waals surface area (Å²) in [5.74, 6) is 0.485. The molecule has 0 bridgehead atoms. The summed E-state index contributed by atoms with van der Waals surface area (Å²) in [5, 5.41) is 3.01. The van der Waals surface area contributed by atoms with Crippen LogP contribution in [0.4, 0.5) is 10.3 Å². The third kappa shape index (κ3) is 3.63. The van der Waals surface area contributed by atoms with Gasteiger partial charge in [-0.25, -0.2) is 4.39 Å². The van der Waals surface area contributed by atoms with Crippen LogP contribution in [0.25, 0.3) is 11.4 Å². The Morgan fingerprint density at radius 2 is 2.05 bits per heavy atom. The van der Waals surface area contributed by atoms with E-state index in [1.807, 2.05) is 13.8 Å². The van der Waals surface area contributed by atoms with Crippen molar-refractivity contribution in [3.05, 3.63) is 30.1 Å². The van der Waals surface area contributed by atoms with Crippen molar-refractivity contribution in [1.29, 1.82) is 0 Å². The lowest BCUT2D eigenvalue weighted by Crippen LogP contribution is -2.08. The first kappa shape index (κ1) is 14.2. The lowest BCUT2D eigenvalue weighted by Gasteiger charge is -2.08. The highest BCUT2D eigenvalue weighted by molar-refractivity contribution is 5.56. The van der Waals surface area contributed by atoms with Gasteiger partial charge in [-0.2, -0.15) is 15.0 Å². The summed E-state index contributed by atoms with van der Waals surface area (Å²) < 4.78 is 18.7. The van der Waals surface area contributed by atoms with Crippen LogP contribution in [0.1, 0.15) is 20.3 Å². The maximum atomic E-state index is 13.3. The van der Waals surface area contributed by atoms with Crippen molar-refractivity contribution in [1.82, 2.24) is 15.0 Å². The summed E-state index contributed by atoms with van der Waals surface area (Å²) in [7, 11) is 0. The van der Waals surface area contributed by atoms with E-state index in [1.165, 1.54) is 12.1 Å². The Kier molecular flexibility index (Phi) is 4.81. The molecule has 0 atom stereocenters. The van der Waals surface area contributed by atoms with Crippen molar-refractivity contribution in [3.8, 4) is 17.4 Å². The molecule has 0 saturated heterocycles. The van der Waals surface area contributed by atoms with E-state index in [1.54, 1.807) is 12.1 Å². The molecule has 20 heavy (non-hydrogen) atoms. The van der Waals surface area contributed by atoms with Crippen molar-refractivity contribution < 1.29 is 9.13 Å². The molecule has 2 rings (SSSR count). The monoisotopic (exact) mass is 276 g/mol. The smallest absolute Gasteiger partial charge is 0.321 e. The SMILES string of the molecule is CCCOc1nc(NCC)nc(-c2cccc(F)c2)n1. The zero-order chi connectivity index (χ0) is 14.4. The number of nitrogens with one attached hydrogen (secondary N) is 1. The predicted molar refractivity (Wildman–Crippen MR) is 75.2 cm³/mol. The van der Waals surface area contributed by atoms with E-state index in [0.717, 1.165) is 6.42 Å². The summed E-state index contributed by atoms with van der Waals surface area (Å²) in [6, 6.07) is 6.38. The van der Waals surface area contributed by atoms with Crippen molar-refractivity contribution in [2.24, 2.45) is 0 Å². The molecule has 5 nitrogen and oxygen atoms in total. The third-order valence-corrected chi connectivity index (χ3v) is 2.47. The zero-order valence-corrected chi connectivity index (χ0v) is 11.6. The summed E-state index contributed by atoms with van der Waals surface area (Å²) >= 11 is 0. The van der Waals surface area contributed by atoms with Gasteiger partial charge in [-0.15, -0.1) is 0 Å². The van der Waals surface area contributed by atoms with Crippen LogP contribution in [0, 0.1) is 5.82 Å². The standard InChI is InChI=1S/C14H17FN4O/c1-3-8-20-14-18-12(17-13(19-14)16-4-2)10-6-5-7-11(15)9-10/h5-7,9H,3-4,8H2,1-2H3,(H,16,17,18,19). The van der Waals surface area contributed by atoms with Crippen molar-refractivity contribution in [2.45, 2.75) is 20.3 Å². The van der Waals surface area contributed by atoms with E-state index in [9.17, 15) is 4.39 Å². The molecule has 0 spiro atoms. The van der Waals surface area contributed by atoms with Gasteiger partial charge in [-0.05, 0) is 25.5 Å². The van der Waals surface area contributed by atoms with Gasteiger partial charge in [0.05, 0.1) is 6.61 Å². The molecule has 6 heteroatoms. The minimum Gasteiger partial charge on any atom is -0.463 e. The number of rotatable bonds is 6. The third-order valence-electron chi connectivity index (χ3n) is 2.47. The predicted octanol–water partition coefficient (Wildman–Crippen LogP) is 2.90. The van der Waals surface area contributed by atoms with Crippen LogP contribution in [0.5, 0.6) is 6.01 Å². The van der Waals surface area contributed by atoms with Gasteiger partial charge in [0.2, 0.25) is 5.95 Å². The van der Waals surface area contributed by atoms with Crippen molar-refractivity contribution in [2.75, 3.05) is 18.5 Å². The van der Waals surface area contributed by atoms with E-state index in [0.29, 0.717) is 30.5 Å².